The van der Waals surface area contributed by atoms with Gasteiger partial charge in [0.1, 0.15) is 5.69 Å². The first kappa shape index (κ1) is 12.2. The Morgan fingerprint density at radius 3 is 2.65 bits per heavy atom. The fourth-order valence-electron chi connectivity index (χ4n) is 1.68. The van der Waals surface area contributed by atoms with Crippen LogP contribution in [-0.4, -0.2) is 10.2 Å². The molecular formula is C11H11F3N2S. The molecule has 92 valence electrons. The van der Waals surface area contributed by atoms with Crippen molar-refractivity contribution in [3.63, 3.8) is 0 Å². The molecule has 0 amide bonds. The second-order valence-corrected chi connectivity index (χ2v) is 4.89. The highest BCUT2D eigenvalue weighted by atomic mass is 32.1. The molecule has 2 rings (SSSR count). The lowest BCUT2D eigenvalue weighted by Gasteiger charge is -2.11. The molecule has 2 heterocycles. The van der Waals surface area contributed by atoms with Crippen LogP contribution in [0, 0.1) is 6.92 Å². The zero-order valence-electron chi connectivity index (χ0n) is 9.30. The molecule has 1 N–H and O–H groups in total. The Morgan fingerprint density at radius 1 is 1.41 bits per heavy atom. The minimum atomic E-state index is -4.38. The quantitative estimate of drug-likeness (QED) is 0.870. The zero-order chi connectivity index (χ0) is 12.6. The first-order valence-electron chi connectivity index (χ1n) is 5.05. The molecule has 0 aliphatic heterocycles. The van der Waals surface area contributed by atoms with Gasteiger partial charge in [-0.05, 0) is 23.9 Å². The molecule has 1 unspecified atom stereocenters. The molecule has 2 aromatic heterocycles. The Hall–Kier alpha value is -1.30. The Labute approximate surface area is 100 Å². The summed E-state index contributed by atoms with van der Waals surface area (Å²) in [6.07, 6.45) is -3.13. The van der Waals surface area contributed by atoms with E-state index in [1.165, 1.54) is 17.5 Å². The van der Waals surface area contributed by atoms with E-state index >= 15 is 0 Å². The Balaban J connectivity index is 2.38. The average molecular weight is 260 g/mol. The summed E-state index contributed by atoms with van der Waals surface area (Å²) >= 11 is 1.47. The number of halogens is 3. The van der Waals surface area contributed by atoms with Crippen molar-refractivity contribution >= 4 is 11.3 Å². The van der Waals surface area contributed by atoms with Crippen LogP contribution in [0.2, 0.25) is 0 Å². The summed E-state index contributed by atoms with van der Waals surface area (Å²) in [5.74, 6) is -0.302. The van der Waals surface area contributed by atoms with Crippen LogP contribution >= 0.6 is 11.3 Å². The third-order valence-electron chi connectivity index (χ3n) is 2.60. The van der Waals surface area contributed by atoms with Crippen molar-refractivity contribution < 1.29 is 13.2 Å². The van der Waals surface area contributed by atoms with Gasteiger partial charge in [0, 0.05) is 16.4 Å². The van der Waals surface area contributed by atoms with E-state index in [4.69, 9.17) is 0 Å². The van der Waals surface area contributed by atoms with Gasteiger partial charge in [0.2, 0.25) is 0 Å². The first-order valence-corrected chi connectivity index (χ1v) is 5.93. The minimum absolute atomic E-state index is 0.194. The van der Waals surface area contributed by atoms with Crippen LogP contribution in [0.4, 0.5) is 13.2 Å². The molecular weight excluding hydrogens is 249 g/mol. The van der Waals surface area contributed by atoms with E-state index in [-0.39, 0.29) is 11.5 Å². The van der Waals surface area contributed by atoms with Crippen molar-refractivity contribution in [3.05, 3.63) is 39.3 Å². The average Bonchev–Trinajstić information content (AvgIpc) is 2.83. The lowest BCUT2D eigenvalue weighted by Crippen LogP contribution is -2.10. The van der Waals surface area contributed by atoms with Gasteiger partial charge in [-0.3, -0.25) is 5.10 Å². The minimum Gasteiger partial charge on any atom is -0.273 e. The third kappa shape index (κ3) is 2.36. The number of aromatic nitrogens is 2. The number of nitrogens with one attached hydrogen (secondary N) is 1. The van der Waals surface area contributed by atoms with E-state index in [2.05, 4.69) is 5.10 Å². The van der Waals surface area contributed by atoms with Gasteiger partial charge in [-0.1, -0.05) is 6.92 Å². The Bertz CT molecular complexity index is 513. The lowest BCUT2D eigenvalue weighted by atomic mass is 9.99. The molecule has 0 spiro atoms. The van der Waals surface area contributed by atoms with Gasteiger partial charge in [0.25, 0.3) is 0 Å². The standard InChI is InChI=1S/C11H11F3N2S/c1-6-3-9(17-5-6)7(2)8-4-15-16-10(8)11(12,13)14/h3-5,7H,1-2H3,(H,15,16). The molecule has 0 aromatic carbocycles. The molecule has 6 heteroatoms. The van der Waals surface area contributed by atoms with E-state index in [0.29, 0.717) is 0 Å². The van der Waals surface area contributed by atoms with Crippen LogP contribution in [-0.2, 0) is 6.18 Å². The number of hydrogen-bond donors (Lipinski definition) is 1. The van der Waals surface area contributed by atoms with Crippen LogP contribution in [0.25, 0.3) is 0 Å². The summed E-state index contributed by atoms with van der Waals surface area (Å²) in [5, 5.41) is 7.46. The second-order valence-electron chi connectivity index (χ2n) is 3.95. The maximum Gasteiger partial charge on any atom is 0.433 e. The normalized spacial score (nSPS) is 13.9. The number of hydrogen-bond acceptors (Lipinski definition) is 2. The molecule has 2 aromatic rings. The predicted octanol–water partition coefficient (Wildman–Crippen LogP) is 3.95. The highest BCUT2D eigenvalue weighted by Gasteiger charge is 2.37. The van der Waals surface area contributed by atoms with Crippen LogP contribution in [0.3, 0.4) is 0 Å². The number of rotatable bonds is 2. The van der Waals surface area contributed by atoms with E-state index in [0.717, 1.165) is 10.4 Å². The van der Waals surface area contributed by atoms with E-state index in [9.17, 15) is 13.2 Å². The third-order valence-corrected chi connectivity index (χ3v) is 3.83. The SMILES string of the molecule is Cc1csc(C(C)c2cn[nH]c2C(F)(F)F)c1. The monoisotopic (exact) mass is 260 g/mol. The highest BCUT2D eigenvalue weighted by molar-refractivity contribution is 7.10. The first-order chi connectivity index (χ1) is 7.89. The summed E-state index contributed by atoms with van der Waals surface area (Å²) in [6, 6.07) is 1.91. The molecule has 0 radical (unpaired) electrons. The summed E-state index contributed by atoms with van der Waals surface area (Å²) in [5.41, 5.74) is 0.504. The zero-order valence-corrected chi connectivity index (χ0v) is 10.1. The topological polar surface area (TPSA) is 28.7 Å². The van der Waals surface area contributed by atoms with Crippen molar-refractivity contribution in [2.75, 3.05) is 0 Å². The van der Waals surface area contributed by atoms with Crippen LogP contribution in [0.1, 0.15) is 34.5 Å². The Morgan fingerprint density at radius 2 is 2.12 bits per heavy atom. The van der Waals surface area contributed by atoms with Crippen LogP contribution in [0.5, 0.6) is 0 Å². The summed E-state index contributed by atoms with van der Waals surface area (Å²) < 4.78 is 38.1. The fourth-order valence-corrected chi connectivity index (χ4v) is 2.66. The molecule has 17 heavy (non-hydrogen) atoms. The molecule has 0 saturated carbocycles. The largest absolute Gasteiger partial charge is 0.433 e. The van der Waals surface area contributed by atoms with Gasteiger partial charge in [-0.15, -0.1) is 11.3 Å². The number of aryl methyl sites for hydroxylation is 1. The van der Waals surface area contributed by atoms with E-state index < -0.39 is 11.9 Å². The number of alkyl halides is 3. The predicted molar refractivity (Wildman–Crippen MR) is 60.2 cm³/mol. The summed E-state index contributed by atoms with van der Waals surface area (Å²) in [7, 11) is 0. The summed E-state index contributed by atoms with van der Waals surface area (Å²) in [4.78, 5) is 0.911. The number of nitrogens with zero attached hydrogens (tertiary/aromatic N) is 1. The van der Waals surface area contributed by atoms with Crippen molar-refractivity contribution in [3.8, 4) is 0 Å². The van der Waals surface area contributed by atoms with Gasteiger partial charge in [-0.2, -0.15) is 18.3 Å². The van der Waals surface area contributed by atoms with Gasteiger partial charge >= 0.3 is 6.18 Å². The molecule has 1 atom stereocenters. The maximum atomic E-state index is 12.7. The Kier molecular flexibility index (Phi) is 2.99. The number of thiophene rings is 1. The molecule has 0 saturated heterocycles. The fraction of sp³-hybridized carbons (Fsp3) is 0.364. The second kappa shape index (κ2) is 4.18. The van der Waals surface area contributed by atoms with Crippen molar-refractivity contribution in [1.82, 2.24) is 10.2 Å². The lowest BCUT2D eigenvalue weighted by molar-refractivity contribution is -0.141. The van der Waals surface area contributed by atoms with Gasteiger partial charge in [0.15, 0.2) is 0 Å². The van der Waals surface area contributed by atoms with Crippen LogP contribution < -0.4 is 0 Å². The molecule has 0 fully saturated rings. The van der Waals surface area contributed by atoms with Gasteiger partial charge in [0.05, 0.1) is 6.20 Å². The summed E-state index contributed by atoms with van der Waals surface area (Å²) in [6.45, 7) is 3.68. The van der Waals surface area contributed by atoms with Gasteiger partial charge < -0.3 is 0 Å². The molecule has 0 aliphatic carbocycles. The number of H-pyrrole nitrogens is 1. The molecule has 2 nitrogen and oxygen atoms in total. The van der Waals surface area contributed by atoms with Crippen LogP contribution in [0.15, 0.2) is 17.6 Å². The van der Waals surface area contributed by atoms with E-state index in [1.807, 2.05) is 23.5 Å². The molecule has 0 bridgehead atoms. The highest BCUT2D eigenvalue weighted by Crippen LogP contribution is 2.37. The van der Waals surface area contributed by atoms with Crippen molar-refractivity contribution in [2.45, 2.75) is 25.9 Å². The van der Waals surface area contributed by atoms with Gasteiger partial charge in [-0.25, -0.2) is 0 Å². The maximum absolute atomic E-state index is 12.7. The van der Waals surface area contributed by atoms with Crippen molar-refractivity contribution in [2.24, 2.45) is 0 Å². The smallest absolute Gasteiger partial charge is 0.273 e. The molecule has 0 aliphatic rings. The number of aromatic amines is 1. The van der Waals surface area contributed by atoms with E-state index in [1.54, 1.807) is 6.92 Å². The van der Waals surface area contributed by atoms with Crippen molar-refractivity contribution in [1.29, 1.82) is 0 Å².